The van der Waals surface area contributed by atoms with Gasteiger partial charge in [-0.25, -0.2) is 0 Å². The molecule has 2 aromatic rings. The number of rotatable bonds is 5. The largest absolute Gasteiger partial charge is 0.325 e. The summed E-state index contributed by atoms with van der Waals surface area (Å²) in [4.78, 5) is 6.51. The van der Waals surface area contributed by atoms with Crippen LogP contribution < -0.4 is 5.73 Å². The van der Waals surface area contributed by atoms with Crippen LogP contribution in [0.4, 0.5) is 0 Å². The first kappa shape index (κ1) is 13.7. The van der Waals surface area contributed by atoms with E-state index in [1.54, 1.807) is 0 Å². The fraction of sp³-hybridized carbons (Fsp3) is 0.312. The number of aromatic nitrogens is 1. The van der Waals surface area contributed by atoms with Gasteiger partial charge in [0.25, 0.3) is 0 Å². The molecule has 0 aliphatic carbocycles. The molecule has 0 aliphatic rings. The highest BCUT2D eigenvalue weighted by atomic mass is 15.1. The molecule has 0 atom stereocenters. The Balaban J connectivity index is 1.98. The molecule has 0 spiro atoms. The van der Waals surface area contributed by atoms with Crippen molar-refractivity contribution in [3.63, 3.8) is 0 Å². The minimum Gasteiger partial charge on any atom is -0.325 e. The predicted octanol–water partition coefficient (Wildman–Crippen LogP) is 2.48. The van der Waals surface area contributed by atoms with E-state index in [2.05, 4.69) is 54.2 Å². The molecule has 19 heavy (non-hydrogen) atoms. The average molecular weight is 255 g/mol. The van der Waals surface area contributed by atoms with E-state index in [0.29, 0.717) is 6.54 Å². The van der Waals surface area contributed by atoms with Crippen LogP contribution in [0, 0.1) is 6.92 Å². The second-order valence-corrected chi connectivity index (χ2v) is 5.02. The molecule has 1 heterocycles. The number of aryl methyl sites for hydroxylation is 1. The molecule has 3 nitrogen and oxygen atoms in total. The molecule has 1 aromatic carbocycles. The first-order valence-electron chi connectivity index (χ1n) is 6.55. The van der Waals surface area contributed by atoms with Gasteiger partial charge in [0.05, 0.1) is 5.69 Å². The zero-order chi connectivity index (χ0) is 13.7. The van der Waals surface area contributed by atoms with Crippen LogP contribution in [0.2, 0.25) is 0 Å². The summed E-state index contributed by atoms with van der Waals surface area (Å²) >= 11 is 0. The zero-order valence-corrected chi connectivity index (χ0v) is 11.6. The van der Waals surface area contributed by atoms with Crippen molar-refractivity contribution in [3.05, 3.63) is 65.0 Å². The van der Waals surface area contributed by atoms with Crippen LogP contribution >= 0.6 is 0 Å². The van der Waals surface area contributed by atoms with Gasteiger partial charge in [-0.15, -0.1) is 0 Å². The third kappa shape index (κ3) is 4.16. The van der Waals surface area contributed by atoms with E-state index in [4.69, 9.17) is 5.73 Å². The van der Waals surface area contributed by atoms with Gasteiger partial charge in [-0.1, -0.05) is 29.8 Å². The molecule has 2 rings (SSSR count). The van der Waals surface area contributed by atoms with Crippen LogP contribution in [0.5, 0.6) is 0 Å². The van der Waals surface area contributed by atoms with Crippen LogP contribution in [0.1, 0.15) is 22.4 Å². The number of nitrogens with zero attached hydrogens (tertiary/aromatic N) is 2. The molecule has 0 saturated carbocycles. The van der Waals surface area contributed by atoms with E-state index < -0.39 is 0 Å². The lowest BCUT2D eigenvalue weighted by Gasteiger charge is -2.17. The van der Waals surface area contributed by atoms with Crippen molar-refractivity contribution < 1.29 is 0 Å². The molecule has 0 saturated heterocycles. The van der Waals surface area contributed by atoms with Gasteiger partial charge in [-0.2, -0.15) is 0 Å². The third-order valence-corrected chi connectivity index (χ3v) is 3.08. The maximum absolute atomic E-state index is 5.61. The number of nitrogens with two attached hydrogens (primary N) is 1. The maximum Gasteiger partial charge on any atom is 0.0542 e. The lowest BCUT2D eigenvalue weighted by Crippen LogP contribution is -2.17. The molecule has 3 heteroatoms. The standard InChI is InChI=1S/C16H21N3/c1-13-4-3-5-14(8-13)11-19(2)12-15-6-7-18-16(9-15)10-17/h3-9H,10-12,17H2,1-2H3. The van der Waals surface area contributed by atoms with E-state index in [1.165, 1.54) is 16.7 Å². The van der Waals surface area contributed by atoms with Crippen LogP contribution in [-0.2, 0) is 19.6 Å². The van der Waals surface area contributed by atoms with E-state index >= 15 is 0 Å². The summed E-state index contributed by atoms with van der Waals surface area (Å²) in [7, 11) is 2.13. The Bertz CT molecular complexity index is 537. The van der Waals surface area contributed by atoms with Crippen molar-refractivity contribution in [3.8, 4) is 0 Å². The Morgan fingerprint density at radius 1 is 1.11 bits per heavy atom. The summed E-state index contributed by atoms with van der Waals surface area (Å²) in [6, 6.07) is 12.8. The highest BCUT2D eigenvalue weighted by molar-refractivity contribution is 5.22. The molecular formula is C16H21N3. The summed E-state index contributed by atoms with van der Waals surface area (Å²) < 4.78 is 0. The summed E-state index contributed by atoms with van der Waals surface area (Å²) in [5, 5.41) is 0. The lowest BCUT2D eigenvalue weighted by atomic mass is 10.1. The Kier molecular flexibility index (Phi) is 4.66. The second-order valence-electron chi connectivity index (χ2n) is 5.02. The fourth-order valence-electron chi connectivity index (χ4n) is 2.23. The number of hydrogen-bond donors (Lipinski definition) is 1. The Labute approximate surface area is 115 Å². The Hall–Kier alpha value is -1.71. The molecule has 0 bridgehead atoms. The van der Waals surface area contributed by atoms with Crippen molar-refractivity contribution >= 4 is 0 Å². The van der Waals surface area contributed by atoms with Crippen LogP contribution in [0.25, 0.3) is 0 Å². The quantitative estimate of drug-likeness (QED) is 0.892. The normalized spacial score (nSPS) is 10.9. The van der Waals surface area contributed by atoms with Gasteiger partial charge in [0.15, 0.2) is 0 Å². The molecule has 0 radical (unpaired) electrons. The summed E-state index contributed by atoms with van der Waals surface area (Å²) in [6.07, 6.45) is 1.83. The number of pyridine rings is 1. The van der Waals surface area contributed by atoms with Crippen LogP contribution in [0.15, 0.2) is 42.6 Å². The maximum atomic E-state index is 5.61. The molecule has 100 valence electrons. The molecule has 0 unspecified atom stereocenters. The van der Waals surface area contributed by atoms with Crippen molar-refractivity contribution in [2.24, 2.45) is 5.73 Å². The summed E-state index contributed by atoms with van der Waals surface area (Å²) in [5.74, 6) is 0. The van der Waals surface area contributed by atoms with Crippen LogP contribution in [-0.4, -0.2) is 16.9 Å². The minimum absolute atomic E-state index is 0.495. The van der Waals surface area contributed by atoms with Crippen molar-refractivity contribution in [2.75, 3.05) is 7.05 Å². The van der Waals surface area contributed by atoms with Crippen molar-refractivity contribution in [1.29, 1.82) is 0 Å². The van der Waals surface area contributed by atoms with Crippen LogP contribution in [0.3, 0.4) is 0 Å². The molecular weight excluding hydrogens is 234 g/mol. The molecule has 2 N–H and O–H groups in total. The van der Waals surface area contributed by atoms with Gasteiger partial charge in [0.1, 0.15) is 0 Å². The van der Waals surface area contributed by atoms with Gasteiger partial charge >= 0.3 is 0 Å². The number of hydrogen-bond acceptors (Lipinski definition) is 3. The molecule has 1 aromatic heterocycles. The second kappa shape index (κ2) is 6.45. The highest BCUT2D eigenvalue weighted by Gasteiger charge is 2.03. The smallest absolute Gasteiger partial charge is 0.0542 e. The molecule has 0 amide bonds. The van der Waals surface area contributed by atoms with Gasteiger partial charge < -0.3 is 5.73 Å². The van der Waals surface area contributed by atoms with Gasteiger partial charge in [0.2, 0.25) is 0 Å². The fourth-order valence-corrected chi connectivity index (χ4v) is 2.23. The first-order chi connectivity index (χ1) is 9.17. The Morgan fingerprint density at radius 3 is 2.53 bits per heavy atom. The molecule has 0 fully saturated rings. The van der Waals surface area contributed by atoms with Gasteiger partial charge in [0, 0.05) is 25.8 Å². The number of benzene rings is 1. The SMILES string of the molecule is Cc1cccc(CN(C)Cc2ccnc(CN)c2)c1. The topological polar surface area (TPSA) is 42.2 Å². The third-order valence-electron chi connectivity index (χ3n) is 3.08. The summed E-state index contributed by atoms with van der Waals surface area (Å²) in [6.45, 7) is 4.47. The molecule has 0 aliphatic heterocycles. The highest BCUT2D eigenvalue weighted by Crippen LogP contribution is 2.10. The first-order valence-corrected chi connectivity index (χ1v) is 6.55. The van der Waals surface area contributed by atoms with Crippen molar-refractivity contribution in [1.82, 2.24) is 9.88 Å². The predicted molar refractivity (Wildman–Crippen MR) is 78.5 cm³/mol. The zero-order valence-electron chi connectivity index (χ0n) is 11.6. The van der Waals surface area contributed by atoms with Crippen molar-refractivity contribution in [2.45, 2.75) is 26.6 Å². The van der Waals surface area contributed by atoms with Gasteiger partial charge in [-0.05, 0) is 37.2 Å². The van der Waals surface area contributed by atoms with E-state index in [0.717, 1.165) is 18.8 Å². The Morgan fingerprint density at radius 2 is 1.84 bits per heavy atom. The summed E-state index contributed by atoms with van der Waals surface area (Å²) in [5.41, 5.74) is 10.5. The van der Waals surface area contributed by atoms with E-state index in [-0.39, 0.29) is 0 Å². The minimum atomic E-state index is 0.495. The average Bonchev–Trinajstić information content (AvgIpc) is 2.38. The lowest BCUT2D eigenvalue weighted by molar-refractivity contribution is 0.319. The monoisotopic (exact) mass is 255 g/mol. The van der Waals surface area contributed by atoms with E-state index in [1.807, 2.05) is 12.3 Å². The van der Waals surface area contributed by atoms with Gasteiger partial charge in [-0.3, -0.25) is 9.88 Å². The van der Waals surface area contributed by atoms with E-state index in [9.17, 15) is 0 Å².